The number of ether oxygens (including phenoxy) is 1. The molecule has 0 fully saturated rings. The van der Waals surface area contributed by atoms with E-state index in [0.29, 0.717) is 0 Å². The van der Waals surface area contributed by atoms with Crippen molar-refractivity contribution in [2.24, 2.45) is 7.05 Å². The summed E-state index contributed by atoms with van der Waals surface area (Å²) in [4.78, 5) is 8.95. The van der Waals surface area contributed by atoms with E-state index in [-0.39, 0.29) is 6.10 Å². The fraction of sp³-hybridized carbons (Fsp3) is 0.182. The van der Waals surface area contributed by atoms with E-state index in [1.165, 1.54) is 0 Å². The van der Waals surface area contributed by atoms with Gasteiger partial charge in [0.25, 0.3) is 0 Å². The molecule has 0 saturated heterocycles. The highest BCUT2D eigenvalue weighted by atomic mass is 16.5. The van der Waals surface area contributed by atoms with Gasteiger partial charge in [-0.1, -0.05) is 6.07 Å². The number of hydrogen-bond acceptors (Lipinski definition) is 5. The predicted octanol–water partition coefficient (Wildman–Crippen LogP) is 4.36. The van der Waals surface area contributed by atoms with Crippen molar-refractivity contribution >= 4 is 21.9 Å². The third-order valence-corrected chi connectivity index (χ3v) is 5.01. The van der Waals surface area contributed by atoms with E-state index < -0.39 is 0 Å². The molecule has 0 aliphatic carbocycles. The summed E-state index contributed by atoms with van der Waals surface area (Å²) < 4.78 is 8.07. The second-order valence-corrected chi connectivity index (χ2v) is 7.22. The molecule has 0 radical (unpaired) electrons. The zero-order chi connectivity index (χ0) is 20.0. The smallest absolute Gasteiger partial charge is 0.123 e. The Labute approximate surface area is 167 Å². The highest BCUT2D eigenvalue weighted by Gasteiger charge is 2.16. The van der Waals surface area contributed by atoms with E-state index in [9.17, 15) is 0 Å². The van der Waals surface area contributed by atoms with Crippen LogP contribution < -0.4 is 4.74 Å². The first-order valence-corrected chi connectivity index (χ1v) is 9.43. The predicted molar refractivity (Wildman–Crippen MR) is 112 cm³/mol. The Kier molecular flexibility index (Phi) is 4.01. The molecule has 0 amide bonds. The lowest BCUT2D eigenvalue weighted by Crippen LogP contribution is -2.05. The molecule has 0 bridgehead atoms. The van der Waals surface area contributed by atoms with Gasteiger partial charge in [0.2, 0.25) is 0 Å². The van der Waals surface area contributed by atoms with E-state index in [1.54, 1.807) is 17.1 Å². The van der Waals surface area contributed by atoms with Crippen LogP contribution >= 0.6 is 0 Å². The van der Waals surface area contributed by atoms with Crippen molar-refractivity contribution in [1.82, 2.24) is 29.9 Å². The topological polar surface area (TPSA) is 81.5 Å². The van der Waals surface area contributed by atoms with Crippen LogP contribution in [-0.2, 0) is 7.05 Å². The molecule has 7 nitrogen and oxygen atoms in total. The Morgan fingerprint density at radius 3 is 2.79 bits per heavy atom. The summed E-state index contributed by atoms with van der Waals surface area (Å²) in [6.45, 7) is 4.09. The van der Waals surface area contributed by atoms with Gasteiger partial charge in [0, 0.05) is 42.2 Å². The van der Waals surface area contributed by atoms with Crippen molar-refractivity contribution < 1.29 is 4.74 Å². The number of hydrogen-bond donors (Lipinski definition) is 1. The van der Waals surface area contributed by atoms with Crippen molar-refractivity contribution in [1.29, 1.82) is 0 Å². The zero-order valence-electron chi connectivity index (χ0n) is 16.4. The molecule has 29 heavy (non-hydrogen) atoms. The zero-order valence-corrected chi connectivity index (χ0v) is 16.4. The summed E-state index contributed by atoms with van der Waals surface area (Å²) in [5.74, 6) is 0.773. The molecule has 0 aliphatic rings. The van der Waals surface area contributed by atoms with Crippen molar-refractivity contribution in [2.75, 3.05) is 0 Å². The van der Waals surface area contributed by atoms with Gasteiger partial charge in [0.05, 0.1) is 22.7 Å². The first-order valence-electron chi connectivity index (χ1n) is 9.43. The van der Waals surface area contributed by atoms with Crippen molar-refractivity contribution in [3.63, 3.8) is 0 Å². The normalized spacial score (nSPS) is 12.5. The number of H-pyrrole nitrogens is 1. The van der Waals surface area contributed by atoms with E-state index >= 15 is 0 Å². The van der Waals surface area contributed by atoms with Crippen molar-refractivity contribution in [3.05, 3.63) is 66.2 Å². The molecular weight excluding hydrogens is 364 g/mol. The Morgan fingerprint density at radius 2 is 1.97 bits per heavy atom. The SMILES string of the molecule is Cc1cc(C(C)Oc2ccc3[nH]nc(-c4cnn(C)c4)c3c2)c2nccnc2c1. The lowest BCUT2D eigenvalue weighted by atomic mass is 10.0. The molecule has 3 heterocycles. The second kappa shape index (κ2) is 6.70. The third-order valence-electron chi connectivity index (χ3n) is 5.01. The number of nitrogens with one attached hydrogen (secondary N) is 1. The fourth-order valence-electron chi connectivity index (χ4n) is 3.66. The highest BCUT2D eigenvalue weighted by molar-refractivity contribution is 5.93. The number of rotatable bonds is 4. The number of fused-ring (bicyclic) bond motifs is 2. The maximum atomic E-state index is 6.31. The van der Waals surface area contributed by atoms with Crippen LogP contribution in [0.1, 0.15) is 24.2 Å². The molecule has 3 aromatic heterocycles. The minimum atomic E-state index is -0.180. The van der Waals surface area contributed by atoms with Gasteiger partial charge in [-0.2, -0.15) is 10.2 Å². The first-order chi connectivity index (χ1) is 14.1. The average molecular weight is 384 g/mol. The van der Waals surface area contributed by atoms with Gasteiger partial charge in [-0.05, 0) is 43.7 Å². The minimum absolute atomic E-state index is 0.180. The van der Waals surface area contributed by atoms with E-state index in [2.05, 4.69) is 38.3 Å². The Balaban J connectivity index is 1.52. The summed E-state index contributed by atoms with van der Waals surface area (Å²) in [5, 5.41) is 12.8. The molecule has 1 unspecified atom stereocenters. The van der Waals surface area contributed by atoms with Gasteiger partial charge in [-0.3, -0.25) is 19.7 Å². The number of nitrogens with zero attached hydrogens (tertiary/aromatic N) is 5. The number of aryl methyl sites for hydroxylation is 2. The second-order valence-electron chi connectivity index (χ2n) is 7.22. The van der Waals surface area contributed by atoms with E-state index in [0.717, 1.165) is 50.1 Å². The van der Waals surface area contributed by atoms with Gasteiger partial charge in [0.15, 0.2) is 0 Å². The lowest BCUT2D eigenvalue weighted by Gasteiger charge is -2.17. The molecule has 144 valence electrons. The molecule has 1 N–H and O–H groups in total. The Morgan fingerprint density at radius 1 is 1.10 bits per heavy atom. The van der Waals surface area contributed by atoms with Crippen LogP contribution in [-0.4, -0.2) is 29.9 Å². The number of aromatic amines is 1. The number of aromatic nitrogens is 6. The molecule has 5 aromatic rings. The quantitative estimate of drug-likeness (QED) is 0.498. The molecule has 2 aromatic carbocycles. The van der Waals surface area contributed by atoms with E-state index in [1.807, 2.05) is 50.6 Å². The van der Waals surface area contributed by atoms with Crippen LogP contribution in [0.5, 0.6) is 5.75 Å². The molecule has 0 spiro atoms. The van der Waals surface area contributed by atoms with Gasteiger partial charge >= 0.3 is 0 Å². The fourth-order valence-corrected chi connectivity index (χ4v) is 3.66. The number of benzene rings is 2. The summed E-state index contributed by atoms with van der Waals surface area (Å²) in [6.07, 6.45) is 7.00. The van der Waals surface area contributed by atoms with E-state index in [4.69, 9.17) is 4.74 Å². The summed E-state index contributed by atoms with van der Waals surface area (Å²) >= 11 is 0. The average Bonchev–Trinajstić information content (AvgIpc) is 3.32. The summed E-state index contributed by atoms with van der Waals surface area (Å²) in [6, 6.07) is 10.1. The van der Waals surface area contributed by atoms with Crippen LogP contribution in [0.4, 0.5) is 0 Å². The molecule has 7 heteroatoms. The monoisotopic (exact) mass is 384 g/mol. The standard InChI is InChI=1S/C22H20N6O/c1-13-8-17(22-20(9-13)23-6-7-24-22)14(2)29-16-4-5-19-18(10-16)21(27-26-19)15-11-25-28(3)12-15/h4-12,14H,1-3H3,(H,26,27). The third kappa shape index (κ3) is 3.10. The maximum absolute atomic E-state index is 6.31. The van der Waals surface area contributed by atoms with Gasteiger partial charge in [-0.15, -0.1) is 0 Å². The van der Waals surface area contributed by atoms with Crippen LogP contribution in [0, 0.1) is 6.92 Å². The maximum Gasteiger partial charge on any atom is 0.123 e. The lowest BCUT2D eigenvalue weighted by molar-refractivity contribution is 0.228. The van der Waals surface area contributed by atoms with Crippen molar-refractivity contribution in [3.8, 4) is 17.0 Å². The molecular formula is C22H20N6O. The van der Waals surface area contributed by atoms with Crippen LogP contribution in [0.2, 0.25) is 0 Å². The summed E-state index contributed by atoms with van der Waals surface area (Å²) in [5.41, 5.74) is 6.67. The molecule has 0 aliphatic heterocycles. The van der Waals surface area contributed by atoms with Crippen LogP contribution in [0.25, 0.3) is 33.2 Å². The highest BCUT2D eigenvalue weighted by Crippen LogP contribution is 2.32. The summed E-state index contributed by atoms with van der Waals surface area (Å²) in [7, 11) is 1.89. The van der Waals surface area contributed by atoms with Gasteiger partial charge in [-0.25, -0.2) is 0 Å². The first kappa shape index (κ1) is 17.4. The largest absolute Gasteiger partial charge is 0.486 e. The Bertz CT molecular complexity index is 1340. The van der Waals surface area contributed by atoms with Gasteiger partial charge in [0.1, 0.15) is 17.5 Å². The van der Waals surface area contributed by atoms with Gasteiger partial charge < -0.3 is 4.74 Å². The molecule has 0 saturated carbocycles. The van der Waals surface area contributed by atoms with Crippen LogP contribution in [0.3, 0.4) is 0 Å². The molecule has 5 rings (SSSR count). The minimum Gasteiger partial charge on any atom is -0.486 e. The molecule has 1 atom stereocenters. The van der Waals surface area contributed by atoms with Crippen molar-refractivity contribution in [2.45, 2.75) is 20.0 Å². The Hall–Kier alpha value is -3.74. The van der Waals surface area contributed by atoms with Crippen LogP contribution in [0.15, 0.2) is 55.1 Å².